The van der Waals surface area contributed by atoms with E-state index >= 15 is 0 Å². The molecule has 29 heavy (non-hydrogen) atoms. The Kier molecular flexibility index (Phi) is 7.36. The van der Waals surface area contributed by atoms with Gasteiger partial charge in [0, 0.05) is 38.3 Å². The molecule has 0 aliphatic carbocycles. The minimum atomic E-state index is -0.626. The van der Waals surface area contributed by atoms with Gasteiger partial charge in [0.15, 0.2) is 17.3 Å². The predicted molar refractivity (Wildman–Crippen MR) is 115 cm³/mol. The maximum atomic E-state index is 11.5. The summed E-state index contributed by atoms with van der Waals surface area (Å²) in [5, 5.41) is 11.2. The van der Waals surface area contributed by atoms with Crippen molar-refractivity contribution in [1.82, 2.24) is 4.90 Å². The van der Waals surface area contributed by atoms with Crippen molar-refractivity contribution >= 4 is 23.1 Å². The highest BCUT2D eigenvalue weighted by Gasteiger charge is 2.21. The van der Waals surface area contributed by atoms with Gasteiger partial charge in [-0.2, -0.15) is 0 Å². The SMILES string of the molecule is COc1cc(C(C)=O)ccc1OC[C@H](O)CN1CCN(c2ccccc2Cl)CC1. The van der Waals surface area contributed by atoms with Crippen molar-refractivity contribution in [1.29, 1.82) is 0 Å². The van der Waals surface area contributed by atoms with Gasteiger partial charge in [-0.15, -0.1) is 0 Å². The van der Waals surface area contributed by atoms with E-state index in [0.29, 0.717) is 23.6 Å². The average Bonchev–Trinajstić information content (AvgIpc) is 2.73. The van der Waals surface area contributed by atoms with Gasteiger partial charge in [0.25, 0.3) is 0 Å². The molecule has 0 unspecified atom stereocenters. The summed E-state index contributed by atoms with van der Waals surface area (Å²) in [6, 6.07) is 12.9. The normalized spacial score (nSPS) is 15.8. The highest BCUT2D eigenvalue weighted by molar-refractivity contribution is 6.33. The molecule has 0 bridgehead atoms. The predicted octanol–water partition coefficient (Wildman–Crippen LogP) is 3.11. The Balaban J connectivity index is 1.48. The number of carbonyl (C=O) groups excluding carboxylic acids is 1. The van der Waals surface area contributed by atoms with Crippen molar-refractivity contribution in [3.63, 3.8) is 0 Å². The topological polar surface area (TPSA) is 62.2 Å². The van der Waals surface area contributed by atoms with Gasteiger partial charge in [-0.05, 0) is 37.3 Å². The first kappa shape index (κ1) is 21.4. The van der Waals surface area contributed by atoms with Crippen LogP contribution in [-0.2, 0) is 0 Å². The number of anilines is 1. The summed E-state index contributed by atoms with van der Waals surface area (Å²) < 4.78 is 11.0. The van der Waals surface area contributed by atoms with Gasteiger partial charge in [-0.1, -0.05) is 23.7 Å². The molecule has 1 atom stereocenters. The number of β-amino-alcohol motifs (C(OH)–C–C–N with tert-alkyl or cyclic N) is 1. The van der Waals surface area contributed by atoms with Crippen LogP contribution in [0.3, 0.4) is 0 Å². The number of rotatable bonds is 8. The van der Waals surface area contributed by atoms with Crippen LogP contribution in [0.25, 0.3) is 0 Å². The fraction of sp³-hybridized carbons (Fsp3) is 0.409. The molecule has 0 aromatic heterocycles. The second-order valence-electron chi connectivity index (χ2n) is 7.13. The first-order valence-corrected chi connectivity index (χ1v) is 10.1. The Labute approximate surface area is 176 Å². The molecular weight excluding hydrogens is 392 g/mol. The molecule has 2 aromatic rings. The standard InChI is InChI=1S/C22H27ClN2O4/c1-16(26)17-7-8-21(22(13-17)28-2)29-15-18(27)14-24-9-11-25(12-10-24)20-6-4-3-5-19(20)23/h3-8,13,18,27H,9-12,14-15H2,1-2H3/t18-/m1/s1. The highest BCUT2D eigenvalue weighted by atomic mass is 35.5. The molecule has 1 saturated heterocycles. The van der Waals surface area contributed by atoms with E-state index in [1.165, 1.54) is 14.0 Å². The maximum Gasteiger partial charge on any atom is 0.161 e. The Morgan fingerprint density at radius 3 is 2.52 bits per heavy atom. The largest absolute Gasteiger partial charge is 0.493 e. The second-order valence-corrected chi connectivity index (χ2v) is 7.53. The Bertz CT molecular complexity index is 837. The van der Waals surface area contributed by atoms with Gasteiger partial charge in [-0.25, -0.2) is 0 Å². The van der Waals surface area contributed by atoms with Crippen molar-refractivity contribution in [2.75, 3.05) is 51.3 Å². The molecule has 0 amide bonds. The molecule has 6 nitrogen and oxygen atoms in total. The lowest BCUT2D eigenvalue weighted by Gasteiger charge is -2.37. The Hall–Kier alpha value is -2.28. The van der Waals surface area contributed by atoms with Crippen LogP contribution in [0.4, 0.5) is 5.69 Å². The minimum absolute atomic E-state index is 0.0363. The third kappa shape index (κ3) is 5.63. The number of benzene rings is 2. The van der Waals surface area contributed by atoms with Crippen molar-refractivity contribution < 1.29 is 19.4 Å². The number of nitrogens with zero attached hydrogens (tertiary/aromatic N) is 2. The number of ketones is 1. The summed E-state index contributed by atoms with van der Waals surface area (Å²) >= 11 is 6.29. The van der Waals surface area contributed by atoms with E-state index in [1.54, 1.807) is 18.2 Å². The molecule has 1 fully saturated rings. The molecule has 7 heteroatoms. The molecule has 2 aromatic carbocycles. The van der Waals surface area contributed by atoms with E-state index in [9.17, 15) is 9.90 Å². The maximum absolute atomic E-state index is 11.5. The third-order valence-electron chi connectivity index (χ3n) is 5.04. The molecular formula is C22H27ClN2O4. The van der Waals surface area contributed by atoms with Crippen LogP contribution in [0.5, 0.6) is 11.5 Å². The number of aliphatic hydroxyl groups excluding tert-OH is 1. The van der Waals surface area contributed by atoms with E-state index in [-0.39, 0.29) is 12.4 Å². The fourth-order valence-corrected chi connectivity index (χ4v) is 3.68. The molecule has 0 saturated carbocycles. The number of Topliss-reactive ketones (excluding diaryl/α,β-unsaturated/α-hetero) is 1. The molecule has 1 N–H and O–H groups in total. The lowest BCUT2D eigenvalue weighted by Crippen LogP contribution is -2.49. The molecule has 156 valence electrons. The second kappa shape index (κ2) is 9.96. The van der Waals surface area contributed by atoms with Crippen LogP contribution in [0, 0.1) is 0 Å². The van der Waals surface area contributed by atoms with Gasteiger partial charge in [0.2, 0.25) is 0 Å². The van der Waals surface area contributed by atoms with Crippen LogP contribution in [0.2, 0.25) is 5.02 Å². The summed E-state index contributed by atoms with van der Waals surface area (Å²) in [6.07, 6.45) is -0.626. The molecule has 0 spiro atoms. The van der Waals surface area contributed by atoms with Crippen LogP contribution in [0.1, 0.15) is 17.3 Å². The summed E-state index contributed by atoms with van der Waals surface area (Å²) in [5.41, 5.74) is 1.62. The van der Waals surface area contributed by atoms with Gasteiger partial charge >= 0.3 is 0 Å². The van der Waals surface area contributed by atoms with E-state index < -0.39 is 6.10 Å². The summed E-state index contributed by atoms with van der Waals surface area (Å²) in [7, 11) is 1.53. The van der Waals surface area contributed by atoms with Gasteiger partial charge in [-0.3, -0.25) is 9.69 Å². The number of hydrogen-bond donors (Lipinski definition) is 1. The van der Waals surface area contributed by atoms with Crippen LogP contribution in [0.15, 0.2) is 42.5 Å². The number of para-hydroxylation sites is 1. The number of ether oxygens (including phenoxy) is 2. The van der Waals surface area contributed by atoms with Crippen molar-refractivity contribution in [3.05, 3.63) is 53.1 Å². The summed E-state index contributed by atoms with van der Waals surface area (Å²) in [4.78, 5) is 16.0. The number of carbonyl (C=O) groups is 1. The zero-order valence-electron chi connectivity index (χ0n) is 16.8. The van der Waals surface area contributed by atoms with Gasteiger partial charge in [0.1, 0.15) is 12.7 Å². The lowest BCUT2D eigenvalue weighted by atomic mass is 10.1. The van der Waals surface area contributed by atoms with Crippen LogP contribution < -0.4 is 14.4 Å². The third-order valence-corrected chi connectivity index (χ3v) is 5.36. The molecule has 1 heterocycles. The van der Waals surface area contributed by atoms with Crippen molar-refractivity contribution in [2.24, 2.45) is 0 Å². The highest BCUT2D eigenvalue weighted by Crippen LogP contribution is 2.29. The van der Waals surface area contributed by atoms with Crippen LogP contribution >= 0.6 is 11.6 Å². The lowest BCUT2D eigenvalue weighted by molar-refractivity contribution is 0.0653. The Morgan fingerprint density at radius 1 is 1.14 bits per heavy atom. The average molecular weight is 419 g/mol. The number of halogens is 1. The number of aliphatic hydroxyl groups is 1. The summed E-state index contributed by atoms with van der Waals surface area (Å²) in [6.45, 7) is 5.60. The zero-order chi connectivity index (χ0) is 20.8. The quantitative estimate of drug-likeness (QED) is 0.664. The van der Waals surface area contributed by atoms with Crippen molar-refractivity contribution in [3.8, 4) is 11.5 Å². The van der Waals surface area contributed by atoms with E-state index in [0.717, 1.165) is 36.9 Å². The first-order chi connectivity index (χ1) is 14.0. The Morgan fingerprint density at radius 2 is 1.86 bits per heavy atom. The number of hydrogen-bond acceptors (Lipinski definition) is 6. The van der Waals surface area contributed by atoms with Crippen LogP contribution in [-0.4, -0.2) is 68.3 Å². The molecule has 0 radical (unpaired) electrons. The van der Waals surface area contributed by atoms with Crippen molar-refractivity contribution in [2.45, 2.75) is 13.0 Å². The summed E-state index contributed by atoms with van der Waals surface area (Å²) in [5.74, 6) is 0.962. The van der Waals surface area contributed by atoms with E-state index in [1.807, 2.05) is 24.3 Å². The van der Waals surface area contributed by atoms with E-state index in [2.05, 4.69) is 9.80 Å². The molecule has 1 aliphatic heterocycles. The zero-order valence-corrected chi connectivity index (χ0v) is 17.6. The monoisotopic (exact) mass is 418 g/mol. The van der Waals surface area contributed by atoms with Gasteiger partial charge < -0.3 is 19.5 Å². The number of methoxy groups -OCH3 is 1. The van der Waals surface area contributed by atoms with Gasteiger partial charge in [0.05, 0.1) is 17.8 Å². The molecule has 1 aliphatic rings. The minimum Gasteiger partial charge on any atom is -0.493 e. The van der Waals surface area contributed by atoms with E-state index in [4.69, 9.17) is 21.1 Å². The first-order valence-electron chi connectivity index (χ1n) is 9.69. The molecule has 3 rings (SSSR count). The fourth-order valence-electron chi connectivity index (χ4n) is 3.42. The number of piperazine rings is 1. The smallest absolute Gasteiger partial charge is 0.161 e.